The zero-order valence-electron chi connectivity index (χ0n) is 13.3. The maximum Gasteiger partial charge on any atom is 0.161 e. The summed E-state index contributed by atoms with van der Waals surface area (Å²) >= 11 is 0. The van der Waals surface area contributed by atoms with Gasteiger partial charge in [-0.05, 0) is 50.2 Å². The molecule has 0 fully saturated rings. The van der Waals surface area contributed by atoms with E-state index in [0.29, 0.717) is 19.3 Å². The van der Waals surface area contributed by atoms with Gasteiger partial charge in [-0.25, -0.2) is 0 Å². The summed E-state index contributed by atoms with van der Waals surface area (Å²) in [6.45, 7) is 1.27. The van der Waals surface area contributed by atoms with E-state index in [4.69, 9.17) is 9.47 Å². The van der Waals surface area contributed by atoms with Gasteiger partial charge in [0.2, 0.25) is 0 Å². The largest absolute Gasteiger partial charge is 0.486 e. The molecule has 2 aromatic rings. The van der Waals surface area contributed by atoms with E-state index in [9.17, 15) is 0 Å². The van der Waals surface area contributed by atoms with Gasteiger partial charge in [0.15, 0.2) is 11.5 Å². The van der Waals surface area contributed by atoms with Crippen LogP contribution in [0.2, 0.25) is 0 Å². The molecule has 0 saturated heterocycles. The van der Waals surface area contributed by atoms with Crippen LogP contribution in [0.3, 0.4) is 0 Å². The summed E-state index contributed by atoms with van der Waals surface area (Å²) in [4.78, 5) is 2.27. The molecule has 22 heavy (non-hydrogen) atoms. The van der Waals surface area contributed by atoms with Crippen molar-refractivity contribution in [3.8, 4) is 11.5 Å². The molecular weight excluding hydrogens is 274 g/mol. The topological polar surface area (TPSA) is 21.7 Å². The Bertz CT molecular complexity index is 610. The first kappa shape index (κ1) is 14.9. The lowest BCUT2D eigenvalue weighted by Gasteiger charge is -2.27. The Morgan fingerprint density at radius 2 is 1.68 bits per heavy atom. The lowest BCUT2D eigenvalue weighted by molar-refractivity contribution is 0.170. The van der Waals surface area contributed by atoms with Gasteiger partial charge in [0, 0.05) is 6.04 Å². The van der Waals surface area contributed by atoms with Crippen molar-refractivity contribution in [1.29, 1.82) is 0 Å². The molecule has 0 amide bonds. The Kier molecular flexibility index (Phi) is 4.64. The highest BCUT2D eigenvalue weighted by atomic mass is 16.6. The Balaban J connectivity index is 1.76. The first-order valence-electron chi connectivity index (χ1n) is 7.84. The number of rotatable bonds is 5. The van der Waals surface area contributed by atoms with Crippen LogP contribution in [0.4, 0.5) is 0 Å². The summed E-state index contributed by atoms with van der Waals surface area (Å²) in [6.07, 6.45) is 2.15. The maximum atomic E-state index is 5.71. The molecule has 3 rings (SSSR count). The highest BCUT2D eigenvalue weighted by Gasteiger charge is 2.18. The van der Waals surface area contributed by atoms with Gasteiger partial charge in [-0.2, -0.15) is 0 Å². The Hall–Kier alpha value is -2.00. The van der Waals surface area contributed by atoms with Gasteiger partial charge in [-0.15, -0.1) is 0 Å². The first-order chi connectivity index (χ1) is 10.7. The smallest absolute Gasteiger partial charge is 0.161 e. The van der Waals surface area contributed by atoms with Gasteiger partial charge < -0.3 is 14.4 Å². The van der Waals surface area contributed by atoms with Crippen LogP contribution < -0.4 is 9.47 Å². The van der Waals surface area contributed by atoms with Gasteiger partial charge >= 0.3 is 0 Å². The number of hydrogen-bond donors (Lipinski definition) is 0. The third-order valence-electron chi connectivity index (χ3n) is 4.12. The van der Waals surface area contributed by atoms with Crippen molar-refractivity contribution in [1.82, 2.24) is 4.90 Å². The minimum atomic E-state index is 0.371. The molecule has 1 unspecified atom stereocenters. The predicted octanol–water partition coefficient (Wildman–Crippen LogP) is 3.69. The number of ether oxygens (including phenoxy) is 2. The standard InChI is InChI=1S/C19H23NO2/c1-20(2)17(10-8-15-6-4-3-5-7-15)16-9-11-18-19(14-16)22-13-12-21-18/h3-7,9,11,14,17H,8,10,12-13H2,1-2H3. The molecule has 0 saturated carbocycles. The number of benzene rings is 2. The van der Waals surface area contributed by atoms with Crippen LogP contribution in [-0.4, -0.2) is 32.2 Å². The third kappa shape index (κ3) is 3.42. The van der Waals surface area contributed by atoms with Gasteiger partial charge in [0.25, 0.3) is 0 Å². The van der Waals surface area contributed by atoms with Gasteiger partial charge in [0.1, 0.15) is 13.2 Å². The minimum Gasteiger partial charge on any atom is -0.486 e. The van der Waals surface area contributed by atoms with Crippen molar-refractivity contribution >= 4 is 0 Å². The van der Waals surface area contributed by atoms with Crippen LogP contribution in [-0.2, 0) is 6.42 Å². The van der Waals surface area contributed by atoms with Crippen LogP contribution in [0.5, 0.6) is 11.5 Å². The second kappa shape index (κ2) is 6.84. The highest BCUT2D eigenvalue weighted by molar-refractivity contribution is 5.44. The highest BCUT2D eigenvalue weighted by Crippen LogP contribution is 2.34. The molecule has 1 aliphatic rings. The molecule has 0 radical (unpaired) electrons. The fraction of sp³-hybridized carbons (Fsp3) is 0.368. The number of nitrogens with zero attached hydrogens (tertiary/aromatic N) is 1. The van der Waals surface area contributed by atoms with Gasteiger partial charge in [0.05, 0.1) is 0 Å². The van der Waals surface area contributed by atoms with E-state index in [1.807, 2.05) is 6.07 Å². The SMILES string of the molecule is CN(C)C(CCc1ccccc1)c1ccc2c(c1)OCCO2. The van der Waals surface area contributed by atoms with E-state index in [2.05, 4.69) is 61.5 Å². The average Bonchev–Trinajstić information content (AvgIpc) is 2.55. The van der Waals surface area contributed by atoms with Crippen LogP contribution >= 0.6 is 0 Å². The van der Waals surface area contributed by atoms with E-state index < -0.39 is 0 Å². The van der Waals surface area contributed by atoms with Crippen molar-refractivity contribution in [2.75, 3.05) is 27.3 Å². The summed E-state index contributed by atoms with van der Waals surface area (Å²) in [5, 5.41) is 0. The van der Waals surface area contributed by atoms with Crippen molar-refractivity contribution in [3.63, 3.8) is 0 Å². The second-order valence-electron chi connectivity index (χ2n) is 5.91. The van der Waals surface area contributed by atoms with Crippen molar-refractivity contribution < 1.29 is 9.47 Å². The van der Waals surface area contributed by atoms with E-state index in [0.717, 1.165) is 24.3 Å². The van der Waals surface area contributed by atoms with Crippen molar-refractivity contribution in [2.24, 2.45) is 0 Å². The van der Waals surface area contributed by atoms with E-state index >= 15 is 0 Å². The fourth-order valence-corrected chi connectivity index (χ4v) is 2.94. The Morgan fingerprint density at radius 3 is 2.41 bits per heavy atom. The normalized spacial score (nSPS) is 14.9. The maximum absolute atomic E-state index is 5.71. The summed E-state index contributed by atoms with van der Waals surface area (Å²) in [5.74, 6) is 1.73. The number of aryl methyl sites for hydroxylation is 1. The van der Waals surface area contributed by atoms with Crippen LogP contribution in [0.15, 0.2) is 48.5 Å². The van der Waals surface area contributed by atoms with Gasteiger partial charge in [-0.3, -0.25) is 0 Å². The predicted molar refractivity (Wildman–Crippen MR) is 88.6 cm³/mol. The molecule has 0 bridgehead atoms. The van der Waals surface area contributed by atoms with Crippen molar-refractivity contribution in [2.45, 2.75) is 18.9 Å². The molecule has 1 aliphatic heterocycles. The molecule has 3 nitrogen and oxygen atoms in total. The Labute approximate surface area is 132 Å². The average molecular weight is 297 g/mol. The summed E-state index contributed by atoms with van der Waals surface area (Å²) in [5.41, 5.74) is 2.66. The van der Waals surface area contributed by atoms with E-state index in [1.165, 1.54) is 11.1 Å². The lowest BCUT2D eigenvalue weighted by atomic mass is 9.97. The quantitative estimate of drug-likeness (QED) is 0.840. The summed E-state index contributed by atoms with van der Waals surface area (Å²) in [7, 11) is 4.26. The van der Waals surface area contributed by atoms with Crippen LogP contribution in [0, 0.1) is 0 Å². The molecule has 1 atom stereocenters. The summed E-state index contributed by atoms with van der Waals surface area (Å²) < 4.78 is 11.3. The van der Waals surface area contributed by atoms with Crippen LogP contribution in [0.1, 0.15) is 23.6 Å². The number of hydrogen-bond acceptors (Lipinski definition) is 3. The fourth-order valence-electron chi connectivity index (χ4n) is 2.94. The van der Waals surface area contributed by atoms with E-state index in [-0.39, 0.29) is 0 Å². The zero-order chi connectivity index (χ0) is 15.4. The molecule has 0 spiro atoms. The number of fused-ring (bicyclic) bond motifs is 1. The molecule has 0 N–H and O–H groups in total. The monoisotopic (exact) mass is 297 g/mol. The molecule has 3 heteroatoms. The van der Waals surface area contributed by atoms with Gasteiger partial charge in [-0.1, -0.05) is 36.4 Å². The minimum absolute atomic E-state index is 0.371. The molecule has 2 aromatic carbocycles. The molecule has 1 heterocycles. The molecule has 0 aromatic heterocycles. The molecular formula is C19H23NO2. The first-order valence-corrected chi connectivity index (χ1v) is 7.84. The summed E-state index contributed by atoms with van der Waals surface area (Å²) in [6, 6.07) is 17.3. The zero-order valence-corrected chi connectivity index (χ0v) is 13.3. The van der Waals surface area contributed by atoms with E-state index in [1.54, 1.807) is 0 Å². The second-order valence-corrected chi connectivity index (χ2v) is 5.91. The molecule has 116 valence electrons. The Morgan fingerprint density at radius 1 is 0.955 bits per heavy atom. The van der Waals surface area contributed by atoms with Crippen LogP contribution in [0.25, 0.3) is 0 Å². The molecule has 0 aliphatic carbocycles. The van der Waals surface area contributed by atoms with Crippen molar-refractivity contribution in [3.05, 3.63) is 59.7 Å². The third-order valence-corrected chi connectivity index (χ3v) is 4.12. The lowest BCUT2D eigenvalue weighted by Crippen LogP contribution is -2.21.